The Balaban J connectivity index is 2.70. The van der Waals surface area contributed by atoms with Crippen LogP contribution in [-0.4, -0.2) is 28.8 Å². The number of nitrogens with one attached hydrogen (secondary N) is 1. The second-order valence-corrected chi connectivity index (χ2v) is 3.97. The average Bonchev–Trinajstić information content (AvgIpc) is 2.17. The van der Waals surface area contributed by atoms with E-state index in [2.05, 4.69) is 5.32 Å². The summed E-state index contributed by atoms with van der Waals surface area (Å²) in [4.78, 5) is 0. The largest absolute Gasteiger partial charge is 0.449 e. The highest BCUT2D eigenvalue weighted by Crippen LogP contribution is 2.17. The van der Waals surface area contributed by atoms with Crippen LogP contribution in [0, 0.1) is 0 Å². The lowest BCUT2D eigenvalue weighted by Crippen LogP contribution is -2.53. The summed E-state index contributed by atoms with van der Waals surface area (Å²) >= 11 is 0. The van der Waals surface area contributed by atoms with Gasteiger partial charge in [-0.2, -0.15) is 0 Å². The molecule has 1 atom stereocenters. The minimum Gasteiger partial charge on any atom is -0.449 e. The number of hydrogen-bond acceptors (Lipinski definition) is 4. The third-order valence-corrected chi connectivity index (χ3v) is 1.99. The Kier molecular flexibility index (Phi) is 4.73. The van der Waals surface area contributed by atoms with Gasteiger partial charge >= 0.3 is 0 Å². The third kappa shape index (κ3) is 4.18. The van der Waals surface area contributed by atoms with Crippen LogP contribution in [0.1, 0.15) is 20.3 Å². The van der Waals surface area contributed by atoms with Crippen LogP contribution >= 0.6 is 0 Å². The molecule has 90 valence electrons. The van der Waals surface area contributed by atoms with Gasteiger partial charge in [0.05, 0.1) is 13.0 Å². The Morgan fingerprint density at radius 3 is 2.44 bits per heavy atom. The molecule has 0 aliphatic heterocycles. The van der Waals surface area contributed by atoms with Crippen molar-refractivity contribution in [2.45, 2.75) is 32.2 Å². The van der Waals surface area contributed by atoms with Gasteiger partial charge < -0.3 is 14.9 Å². The summed E-state index contributed by atoms with van der Waals surface area (Å²) in [6.07, 6.45) is 0.111. The van der Waals surface area contributed by atoms with Crippen molar-refractivity contribution in [1.29, 1.82) is 0 Å². The highest BCUT2D eigenvalue weighted by atomic mass is 16.6. The van der Waals surface area contributed by atoms with E-state index >= 15 is 0 Å². The highest BCUT2D eigenvalue weighted by Gasteiger charge is 2.29. The predicted octanol–water partition coefficient (Wildman–Crippen LogP) is 1.09. The monoisotopic (exact) mass is 225 g/mol. The number of rotatable bonds is 6. The van der Waals surface area contributed by atoms with Gasteiger partial charge in [-0.05, 0) is 26.0 Å². The molecule has 0 bridgehead atoms. The van der Waals surface area contributed by atoms with Crippen molar-refractivity contribution in [2.24, 2.45) is 0 Å². The first kappa shape index (κ1) is 13.0. The van der Waals surface area contributed by atoms with E-state index in [1.165, 1.54) is 0 Å². The molecule has 0 saturated carbocycles. The minimum atomic E-state index is -1.52. The van der Waals surface area contributed by atoms with E-state index in [0.717, 1.165) is 0 Å². The molecule has 0 aliphatic rings. The first-order valence-corrected chi connectivity index (χ1v) is 5.41. The van der Waals surface area contributed by atoms with Crippen molar-refractivity contribution < 1.29 is 14.9 Å². The summed E-state index contributed by atoms with van der Waals surface area (Å²) in [7, 11) is 0. The van der Waals surface area contributed by atoms with Gasteiger partial charge in [0, 0.05) is 6.04 Å². The van der Waals surface area contributed by atoms with E-state index < -0.39 is 5.91 Å². The summed E-state index contributed by atoms with van der Waals surface area (Å²) in [5, 5.41) is 21.9. The van der Waals surface area contributed by atoms with Gasteiger partial charge in [-0.15, -0.1) is 0 Å². The van der Waals surface area contributed by atoms with Crippen molar-refractivity contribution in [3.63, 3.8) is 0 Å². The fourth-order valence-electron chi connectivity index (χ4n) is 1.44. The number of benzene rings is 1. The molecule has 0 aliphatic carbocycles. The molecule has 4 heteroatoms. The third-order valence-electron chi connectivity index (χ3n) is 1.99. The Morgan fingerprint density at radius 1 is 1.31 bits per heavy atom. The quantitative estimate of drug-likeness (QED) is 0.634. The van der Waals surface area contributed by atoms with E-state index in [4.69, 9.17) is 9.84 Å². The molecule has 1 unspecified atom stereocenters. The molecule has 0 spiro atoms. The van der Waals surface area contributed by atoms with Crippen molar-refractivity contribution in [2.75, 3.05) is 6.61 Å². The second-order valence-electron chi connectivity index (χ2n) is 3.97. The zero-order valence-electron chi connectivity index (χ0n) is 9.68. The van der Waals surface area contributed by atoms with Gasteiger partial charge in [0.2, 0.25) is 0 Å². The fraction of sp³-hybridized carbons (Fsp3) is 0.500. The molecular formula is C12H19NO3. The molecule has 3 N–H and O–H groups in total. The molecule has 4 nitrogen and oxygen atoms in total. The van der Waals surface area contributed by atoms with Crippen LogP contribution in [0.2, 0.25) is 0 Å². The number of para-hydroxylation sites is 1. The molecule has 1 rings (SSSR count). The highest BCUT2D eigenvalue weighted by molar-refractivity contribution is 5.21. The van der Waals surface area contributed by atoms with Crippen molar-refractivity contribution in [3.05, 3.63) is 30.3 Å². The van der Waals surface area contributed by atoms with E-state index in [1.807, 2.05) is 32.0 Å². The Labute approximate surface area is 95.9 Å². The molecule has 1 aromatic rings. The molecule has 0 radical (unpaired) electrons. The molecule has 0 aromatic heterocycles. The molecule has 16 heavy (non-hydrogen) atoms. The average molecular weight is 225 g/mol. The van der Waals surface area contributed by atoms with Crippen molar-refractivity contribution >= 4 is 0 Å². The zero-order valence-corrected chi connectivity index (χ0v) is 9.68. The Hall–Kier alpha value is -1.10. The topological polar surface area (TPSA) is 61.7 Å². The van der Waals surface area contributed by atoms with Crippen LogP contribution in [0.4, 0.5) is 0 Å². The lowest BCUT2D eigenvalue weighted by atomic mass is 10.2. The van der Waals surface area contributed by atoms with Crippen molar-refractivity contribution in [1.82, 2.24) is 5.32 Å². The summed E-state index contributed by atoms with van der Waals surface area (Å²) in [5.41, 5.74) is 0. The smallest absolute Gasteiger partial charge is 0.270 e. The number of aliphatic hydroxyl groups excluding tert-OH is 1. The Morgan fingerprint density at radius 2 is 1.94 bits per heavy atom. The maximum Gasteiger partial charge on any atom is 0.270 e. The van der Waals surface area contributed by atoms with Gasteiger partial charge in [0.1, 0.15) is 5.75 Å². The number of aliphatic hydroxyl groups is 2. The lowest BCUT2D eigenvalue weighted by molar-refractivity contribution is -0.177. The standard InChI is InChI=1S/C12H19NO3/c1-10(2)13-12(15,8-9-14)16-11-6-4-3-5-7-11/h3-7,10,13-15H,8-9H2,1-2H3. The summed E-state index contributed by atoms with van der Waals surface area (Å²) in [6.45, 7) is 3.65. The van der Waals surface area contributed by atoms with Crippen molar-refractivity contribution in [3.8, 4) is 5.75 Å². The minimum absolute atomic E-state index is 0.0558. The van der Waals surface area contributed by atoms with Gasteiger partial charge in [-0.3, -0.25) is 5.32 Å². The van der Waals surface area contributed by atoms with Crippen LogP contribution in [0.3, 0.4) is 0 Å². The molecule has 0 heterocycles. The van der Waals surface area contributed by atoms with Gasteiger partial charge in [0.15, 0.2) is 0 Å². The fourth-order valence-corrected chi connectivity index (χ4v) is 1.44. The summed E-state index contributed by atoms with van der Waals surface area (Å²) < 4.78 is 5.44. The molecular weight excluding hydrogens is 206 g/mol. The van der Waals surface area contributed by atoms with Crippen LogP contribution < -0.4 is 10.1 Å². The maximum absolute atomic E-state index is 10.1. The first-order valence-electron chi connectivity index (χ1n) is 5.41. The van der Waals surface area contributed by atoms with E-state index in [0.29, 0.717) is 5.75 Å². The number of hydrogen-bond donors (Lipinski definition) is 3. The van der Waals surface area contributed by atoms with Gasteiger partial charge in [-0.1, -0.05) is 18.2 Å². The van der Waals surface area contributed by atoms with Gasteiger partial charge in [0.25, 0.3) is 5.91 Å². The second kappa shape index (κ2) is 5.84. The van der Waals surface area contributed by atoms with Crippen LogP contribution in [0.5, 0.6) is 5.75 Å². The SMILES string of the molecule is CC(C)NC(O)(CCO)Oc1ccccc1. The van der Waals surface area contributed by atoms with Crippen LogP contribution in [0.25, 0.3) is 0 Å². The van der Waals surface area contributed by atoms with E-state index in [9.17, 15) is 5.11 Å². The zero-order chi connectivity index (χ0) is 12.0. The van der Waals surface area contributed by atoms with Crippen LogP contribution in [-0.2, 0) is 0 Å². The van der Waals surface area contributed by atoms with E-state index in [-0.39, 0.29) is 19.1 Å². The Bertz CT molecular complexity index is 302. The molecule has 0 saturated heterocycles. The van der Waals surface area contributed by atoms with E-state index in [1.54, 1.807) is 12.1 Å². The number of ether oxygens (including phenoxy) is 1. The summed E-state index contributed by atoms with van der Waals surface area (Å²) in [6, 6.07) is 9.08. The lowest BCUT2D eigenvalue weighted by Gasteiger charge is -2.31. The maximum atomic E-state index is 10.1. The molecule has 0 fully saturated rings. The first-order chi connectivity index (χ1) is 7.56. The molecule has 1 aromatic carbocycles. The normalized spacial score (nSPS) is 14.8. The van der Waals surface area contributed by atoms with Crippen LogP contribution in [0.15, 0.2) is 30.3 Å². The summed E-state index contributed by atoms with van der Waals surface area (Å²) in [5.74, 6) is -0.962. The van der Waals surface area contributed by atoms with Gasteiger partial charge in [-0.25, -0.2) is 0 Å². The predicted molar refractivity (Wildman–Crippen MR) is 62.0 cm³/mol. The molecule has 0 amide bonds.